The number of Topliss-reactive ketones (excluding diaryl/α,β-unsaturated/α-hetero) is 1. The average Bonchev–Trinajstić information content (AvgIpc) is 2.74. The minimum absolute atomic E-state index is 0. The highest BCUT2D eigenvalue weighted by atomic mass is 35.5. The van der Waals surface area contributed by atoms with E-state index in [0.717, 1.165) is 10.8 Å². The van der Waals surface area contributed by atoms with E-state index in [1.807, 2.05) is 31.2 Å². The lowest BCUT2D eigenvalue weighted by Crippen LogP contribution is -2.27. The smallest absolute Gasteiger partial charge is 0.413 e. The van der Waals surface area contributed by atoms with Crippen LogP contribution >= 0.6 is 11.6 Å². The molecule has 1 N–H and O–H groups in total. The number of anilines is 1. The largest absolute Gasteiger partial charge is 0.446 e. The second-order valence-corrected chi connectivity index (χ2v) is 7.96. The van der Waals surface area contributed by atoms with Crippen LogP contribution in [0.2, 0.25) is 5.02 Å². The summed E-state index contributed by atoms with van der Waals surface area (Å²) in [4.78, 5) is 28.8. The van der Waals surface area contributed by atoms with Crippen molar-refractivity contribution in [2.24, 2.45) is 5.92 Å². The molecule has 0 aliphatic rings. The van der Waals surface area contributed by atoms with Crippen molar-refractivity contribution < 1.29 is 18.7 Å². The van der Waals surface area contributed by atoms with Crippen LogP contribution < -0.4 is 5.32 Å². The van der Waals surface area contributed by atoms with E-state index in [-0.39, 0.29) is 37.0 Å². The Balaban J connectivity index is 0.00000363. The maximum Gasteiger partial charge on any atom is 0.413 e. The van der Waals surface area contributed by atoms with Crippen LogP contribution in [0.5, 0.6) is 0 Å². The molecule has 0 aliphatic carbocycles. The van der Waals surface area contributed by atoms with Crippen molar-refractivity contribution in [3.8, 4) is 0 Å². The van der Waals surface area contributed by atoms with Crippen molar-refractivity contribution in [1.29, 1.82) is 0 Å². The molecule has 0 bridgehead atoms. The minimum atomic E-state index is -0.624. The lowest BCUT2D eigenvalue weighted by atomic mass is 9.96. The molecule has 0 saturated carbocycles. The number of fused-ring (bicyclic) bond motifs is 1. The van der Waals surface area contributed by atoms with Crippen LogP contribution in [0.1, 0.15) is 39.7 Å². The van der Waals surface area contributed by atoms with E-state index in [9.17, 15) is 14.0 Å². The van der Waals surface area contributed by atoms with Gasteiger partial charge in [0.25, 0.3) is 0 Å². The zero-order valence-corrected chi connectivity index (χ0v) is 18.2. The Hall–Kier alpha value is -2.99. The molecule has 1 amide bonds. The third-order valence-corrected chi connectivity index (χ3v) is 5.63. The number of pyridine rings is 1. The molecule has 170 valence electrons. The molecule has 1 heterocycles. The van der Waals surface area contributed by atoms with E-state index in [1.165, 1.54) is 6.07 Å². The molecule has 1 aromatic heterocycles. The van der Waals surface area contributed by atoms with Gasteiger partial charge in [0.2, 0.25) is 0 Å². The number of benzene rings is 2. The highest BCUT2D eigenvalue weighted by Gasteiger charge is 2.20. The van der Waals surface area contributed by atoms with Crippen LogP contribution in [0.3, 0.4) is 0 Å². The molecule has 0 spiro atoms. The quantitative estimate of drug-likeness (QED) is 0.401. The fourth-order valence-corrected chi connectivity index (χ4v) is 3.43. The fraction of sp³-hybridized carbons (Fsp3) is 0.320. The summed E-state index contributed by atoms with van der Waals surface area (Å²) in [6.45, 7) is 3.59. The predicted octanol–water partition coefficient (Wildman–Crippen LogP) is 6.83. The van der Waals surface area contributed by atoms with E-state index >= 15 is 0 Å². The number of aromatic nitrogens is 1. The standard InChI is InChI=1S/C24H24ClFN2O3.CH4/c1-15(12-20(29)11-10-17-8-5-9-21(26)23(17)25)16(2)31-24(30)28-22-13-18-6-3-4-7-19(18)14-27-22;/h3-9,13-16H,10-12H2,1-2H3,(H,27,28,30);1H4. The molecule has 7 heteroatoms. The maximum atomic E-state index is 13.5. The zero-order chi connectivity index (χ0) is 22.4. The monoisotopic (exact) mass is 458 g/mol. The van der Waals surface area contributed by atoms with Gasteiger partial charge >= 0.3 is 6.09 Å². The molecule has 2 aromatic carbocycles. The predicted molar refractivity (Wildman–Crippen MR) is 127 cm³/mol. The number of halogens is 2. The van der Waals surface area contributed by atoms with Crippen molar-refractivity contribution in [3.63, 3.8) is 0 Å². The van der Waals surface area contributed by atoms with E-state index in [0.29, 0.717) is 17.8 Å². The van der Waals surface area contributed by atoms with Gasteiger partial charge in [0.15, 0.2) is 0 Å². The van der Waals surface area contributed by atoms with Crippen molar-refractivity contribution in [2.45, 2.75) is 46.6 Å². The third kappa shape index (κ3) is 6.76. The van der Waals surface area contributed by atoms with E-state index in [2.05, 4.69) is 10.3 Å². The maximum absolute atomic E-state index is 13.5. The minimum Gasteiger partial charge on any atom is -0.446 e. The molecule has 0 saturated heterocycles. The number of hydrogen-bond acceptors (Lipinski definition) is 4. The van der Waals surface area contributed by atoms with Gasteiger partial charge in [-0.3, -0.25) is 10.1 Å². The molecule has 5 nitrogen and oxygen atoms in total. The van der Waals surface area contributed by atoms with Gasteiger partial charge in [0.1, 0.15) is 23.5 Å². The molecule has 2 unspecified atom stereocenters. The Labute approximate surface area is 193 Å². The lowest BCUT2D eigenvalue weighted by Gasteiger charge is -2.20. The number of hydrogen-bond donors (Lipinski definition) is 1. The summed E-state index contributed by atoms with van der Waals surface area (Å²) >= 11 is 5.93. The van der Waals surface area contributed by atoms with Crippen molar-refractivity contribution in [2.75, 3.05) is 5.32 Å². The van der Waals surface area contributed by atoms with Gasteiger partial charge in [-0.05, 0) is 42.3 Å². The molecule has 0 radical (unpaired) electrons. The van der Waals surface area contributed by atoms with Crippen molar-refractivity contribution >= 4 is 40.1 Å². The Bertz CT molecular complexity index is 1090. The number of ketones is 1. The summed E-state index contributed by atoms with van der Waals surface area (Å²) in [5, 5.41) is 4.61. The van der Waals surface area contributed by atoms with Gasteiger partial charge in [-0.15, -0.1) is 0 Å². The summed E-state index contributed by atoms with van der Waals surface area (Å²) in [5.74, 6) is -0.272. The number of aryl methyl sites for hydroxylation is 1. The summed E-state index contributed by atoms with van der Waals surface area (Å²) in [5.41, 5.74) is 0.606. The molecule has 32 heavy (non-hydrogen) atoms. The van der Waals surface area contributed by atoms with Gasteiger partial charge in [-0.2, -0.15) is 0 Å². The first-order valence-electron chi connectivity index (χ1n) is 10.1. The summed E-state index contributed by atoms with van der Waals surface area (Å²) in [7, 11) is 0. The van der Waals surface area contributed by atoms with Crippen molar-refractivity contribution in [3.05, 3.63) is 71.1 Å². The number of carbonyl (C=O) groups is 2. The molecule has 2 atom stereocenters. The Morgan fingerprint density at radius 3 is 2.59 bits per heavy atom. The van der Waals surface area contributed by atoms with Crippen molar-refractivity contribution in [1.82, 2.24) is 4.98 Å². The Morgan fingerprint density at radius 1 is 1.12 bits per heavy atom. The number of nitrogens with one attached hydrogen (secondary N) is 1. The SMILES string of the molecule is C.CC(CC(=O)CCc1cccc(F)c1Cl)C(C)OC(=O)Nc1cc2ccccc2cn1. The van der Waals surface area contributed by atoms with Crippen LogP contribution in [0.4, 0.5) is 15.0 Å². The van der Waals surface area contributed by atoms with Crippen LogP contribution in [0.25, 0.3) is 10.8 Å². The third-order valence-electron chi connectivity index (χ3n) is 5.21. The summed E-state index contributed by atoms with van der Waals surface area (Å²) in [6.07, 6.45) is 1.44. The van der Waals surface area contributed by atoms with E-state index < -0.39 is 18.0 Å². The molecule has 3 aromatic rings. The van der Waals surface area contributed by atoms with Gasteiger partial charge in [0.05, 0.1) is 5.02 Å². The Kier molecular flexibility index (Phi) is 9.14. The molecule has 0 fully saturated rings. The Morgan fingerprint density at radius 2 is 1.84 bits per heavy atom. The van der Waals surface area contributed by atoms with Crippen LogP contribution in [0.15, 0.2) is 54.7 Å². The molecular weight excluding hydrogens is 431 g/mol. The fourth-order valence-electron chi connectivity index (χ4n) is 3.21. The lowest BCUT2D eigenvalue weighted by molar-refractivity contribution is -0.120. The van der Waals surface area contributed by atoms with Crippen LogP contribution in [-0.4, -0.2) is 23.0 Å². The van der Waals surface area contributed by atoms with E-state index in [1.54, 1.807) is 31.3 Å². The van der Waals surface area contributed by atoms with Gasteiger partial charge in [-0.1, -0.05) is 62.3 Å². The summed E-state index contributed by atoms with van der Waals surface area (Å²) in [6, 6.07) is 14.0. The topological polar surface area (TPSA) is 68.3 Å². The van der Waals surface area contributed by atoms with Crippen LogP contribution in [-0.2, 0) is 16.0 Å². The normalized spacial score (nSPS) is 12.5. The van der Waals surface area contributed by atoms with Gasteiger partial charge in [-0.25, -0.2) is 14.2 Å². The first kappa shape index (κ1) is 25.3. The second-order valence-electron chi connectivity index (χ2n) is 7.59. The zero-order valence-electron chi connectivity index (χ0n) is 17.4. The van der Waals surface area contributed by atoms with Crippen LogP contribution in [0, 0.1) is 11.7 Å². The highest BCUT2D eigenvalue weighted by molar-refractivity contribution is 6.31. The van der Waals surface area contributed by atoms with E-state index in [4.69, 9.17) is 16.3 Å². The number of amides is 1. The number of carbonyl (C=O) groups excluding carboxylic acids is 2. The first-order chi connectivity index (χ1) is 14.8. The highest BCUT2D eigenvalue weighted by Crippen LogP contribution is 2.22. The number of rotatable bonds is 8. The molecular formula is C25H28ClFN2O3. The molecule has 3 rings (SSSR count). The first-order valence-corrected chi connectivity index (χ1v) is 10.5. The van der Waals surface area contributed by atoms with Gasteiger partial charge in [0, 0.05) is 24.4 Å². The summed E-state index contributed by atoms with van der Waals surface area (Å²) < 4.78 is 18.9. The average molecular weight is 459 g/mol. The van der Waals surface area contributed by atoms with Gasteiger partial charge < -0.3 is 4.74 Å². The number of nitrogens with zero attached hydrogens (tertiary/aromatic N) is 1. The molecule has 0 aliphatic heterocycles. The number of ether oxygens (including phenoxy) is 1. The second kappa shape index (κ2) is 11.6.